The normalized spacial score (nSPS) is 11.7. The summed E-state index contributed by atoms with van der Waals surface area (Å²) in [5.41, 5.74) is 11.0. The quantitative estimate of drug-likeness (QED) is 0.557. The van der Waals surface area contributed by atoms with Gasteiger partial charge in [-0.3, -0.25) is 9.59 Å². The Morgan fingerprint density at radius 1 is 1.35 bits per heavy atom. The fourth-order valence-corrected chi connectivity index (χ4v) is 1.90. The van der Waals surface area contributed by atoms with Crippen LogP contribution in [0.4, 0.5) is 5.69 Å². The van der Waals surface area contributed by atoms with Crippen LogP contribution in [-0.4, -0.2) is 28.9 Å². The van der Waals surface area contributed by atoms with Gasteiger partial charge in [-0.1, -0.05) is 15.9 Å². The summed E-state index contributed by atoms with van der Waals surface area (Å²) in [6, 6.07) is 3.43. The number of aliphatic carboxylic acids is 1. The van der Waals surface area contributed by atoms with Gasteiger partial charge in [-0.2, -0.15) is 0 Å². The van der Waals surface area contributed by atoms with Crippen LogP contribution in [0.5, 0.6) is 0 Å². The zero-order valence-corrected chi connectivity index (χ0v) is 12.0. The second-order valence-corrected chi connectivity index (χ2v) is 5.02. The molecule has 2 amide bonds. The van der Waals surface area contributed by atoms with E-state index >= 15 is 0 Å². The van der Waals surface area contributed by atoms with Crippen LogP contribution in [0.1, 0.15) is 23.2 Å². The minimum atomic E-state index is -1.24. The molecule has 0 aliphatic carbocycles. The number of nitrogen functional groups attached to an aromatic ring is 1. The first-order valence-electron chi connectivity index (χ1n) is 5.68. The largest absolute Gasteiger partial charge is 0.480 e. The molecule has 1 rings (SSSR count). The van der Waals surface area contributed by atoms with Gasteiger partial charge in [0.15, 0.2) is 0 Å². The van der Waals surface area contributed by atoms with Gasteiger partial charge in [-0.25, -0.2) is 4.79 Å². The van der Waals surface area contributed by atoms with Gasteiger partial charge in [-0.15, -0.1) is 0 Å². The number of primary amides is 1. The lowest BCUT2D eigenvalue weighted by atomic mass is 10.1. The van der Waals surface area contributed by atoms with Gasteiger partial charge in [0.1, 0.15) is 6.04 Å². The maximum Gasteiger partial charge on any atom is 0.326 e. The van der Waals surface area contributed by atoms with E-state index in [1.165, 1.54) is 12.1 Å². The van der Waals surface area contributed by atoms with Crippen molar-refractivity contribution in [2.24, 2.45) is 5.73 Å². The number of carboxylic acids is 1. The van der Waals surface area contributed by atoms with Crippen LogP contribution in [-0.2, 0) is 9.59 Å². The van der Waals surface area contributed by atoms with Crippen molar-refractivity contribution < 1.29 is 19.5 Å². The van der Waals surface area contributed by atoms with Crippen LogP contribution in [0.3, 0.4) is 0 Å². The second-order valence-electron chi connectivity index (χ2n) is 4.10. The highest BCUT2D eigenvalue weighted by atomic mass is 79.9. The van der Waals surface area contributed by atoms with Crippen molar-refractivity contribution in [1.82, 2.24) is 5.32 Å². The third-order valence-electron chi connectivity index (χ3n) is 2.54. The van der Waals surface area contributed by atoms with E-state index in [0.29, 0.717) is 4.47 Å². The lowest BCUT2D eigenvalue weighted by Gasteiger charge is -2.14. The molecule has 20 heavy (non-hydrogen) atoms. The third-order valence-corrected chi connectivity index (χ3v) is 3.03. The van der Waals surface area contributed by atoms with Gasteiger partial charge in [0, 0.05) is 16.6 Å². The summed E-state index contributed by atoms with van der Waals surface area (Å²) >= 11 is 3.20. The molecule has 7 nitrogen and oxygen atoms in total. The molecule has 0 spiro atoms. The van der Waals surface area contributed by atoms with Crippen LogP contribution in [0.25, 0.3) is 0 Å². The van der Waals surface area contributed by atoms with Crippen LogP contribution < -0.4 is 16.8 Å². The Morgan fingerprint density at radius 2 is 2.00 bits per heavy atom. The average Bonchev–Trinajstić information content (AvgIpc) is 2.33. The first-order chi connectivity index (χ1) is 9.31. The minimum absolute atomic E-state index is 0.0765. The molecule has 8 heteroatoms. The molecule has 0 aliphatic rings. The highest BCUT2D eigenvalue weighted by molar-refractivity contribution is 9.10. The summed E-state index contributed by atoms with van der Waals surface area (Å²) in [5, 5.41) is 11.3. The highest BCUT2D eigenvalue weighted by Gasteiger charge is 2.22. The Kier molecular flexibility index (Phi) is 5.51. The van der Waals surface area contributed by atoms with Crippen molar-refractivity contribution in [3.8, 4) is 0 Å². The first-order valence-corrected chi connectivity index (χ1v) is 6.47. The van der Waals surface area contributed by atoms with Gasteiger partial charge in [-0.05, 0) is 24.6 Å². The number of carboxylic acid groups (broad SMARTS) is 1. The molecule has 6 N–H and O–H groups in total. The summed E-state index contributed by atoms with van der Waals surface area (Å²) in [4.78, 5) is 33.6. The number of carbonyl (C=O) groups excluding carboxylic acids is 2. The van der Waals surface area contributed by atoms with E-state index in [0.717, 1.165) is 0 Å². The topological polar surface area (TPSA) is 136 Å². The SMILES string of the molecule is NC(=O)CC[C@H](NC(=O)c1ccc(Br)cc1N)C(=O)O. The zero-order chi connectivity index (χ0) is 15.3. The molecule has 1 atom stereocenters. The van der Waals surface area contributed by atoms with Crippen LogP contribution in [0, 0.1) is 0 Å². The Bertz CT molecular complexity index is 548. The summed E-state index contributed by atoms with van der Waals surface area (Å²) in [7, 11) is 0. The molecule has 0 unspecified atom stereocenters. The Labute approximate surface area is 123 Å². The van der Waals surface area contributed by atoms with E-state index in [1.807, 2.05) is 0 Å². The number of nitrogens with two attached hydrogens (primary N) is 2. The molecule has 0 radical (unpaired) electrons. The maximum atomic E-state index is 12.0. The van der Waals surface area contributed by atoms with Gasteiger partial charge < -0.3 is 21.9 Å². The predicted octanol–water partition coefficient (Wildman–Crippen LogP) is 0.480. The van der Waals surface area contributed by atoms with Crippen molar-refractivity contribution >= 4 is 39.4 Å². The number of benzene rings is 1. The molecule has 0 saturated carbocycles. The van der Waals surface area contributed by atoms with Gasteiger partial charge in [0.25, 0.3) is 5.91 Å². The molecule has 1 aromatic rings. The molecule has 0 bridgehead atoms. The lowest BCUT2D eigenvalue weighted by Crippen LogP contribution is -2.41. The smallest absolute Gasteiger partial charge is 0.326 e. The number of hydrogen-bond acceptors (Lipinski definition) is 4. The van der Waals surface area contributed by atoms with E-state index in [2.05, 4.69) is 21.2 Å². The molecule has 1 aromatic carbocycles. The average molecular weight is 344 g/mol. The van der Waals surface area contributed by atoms with Crippen LogP contribution in [0.2, 0.25) is 0 Å². The first kappa shape index (κ1) is 16.0. The fraction of sp³-hybridized carbons (Fsp3) is 0.250. The fourth-order valence-electron chi connectivity index (χ4n) is 1.52. The molecule has 0 aromatic heterocycles. The van der Waals surface area contributed by atoms with E-state index in [4.69, 9.17) is 16.6 Å². The number of carbonyl (C=O) groups is 3. The summed E-state index contributed by atoms with van der Waals surface area (Å²) in [6.07, 6.45) is -0.208. The zero-order valence-electron chi connectivity index (χ0n) is 10.4. The molecule has 0 aliphatic heterocycles. The van der Waals surface area contributed by atoms with Crippen molar-refractivity contribution in [2.45, 2.75) is 18.9 Å². The third kappa shape index (κ3) is 4.54. The number of amides is 2. The lowest BCUT2D eigenvalue weighted by molar-refractivity contribution is -0.139. The Hall–Kier alpha value is -2.09. The summed E-state index contributed by atoms with van der Waals surface area (Å²) in [5.74, 6) is -2.49. The highest BCUT2D eigenvalue weighted by Crippen LogP contribution is 2.18. The van der Waals surface area contributed by atoms with E-state index in [1.54, 1.807) is 6.07 Å². The van der Waals surface area contributed by atoms with Crippen LogP contribution in [0.15, 0.2) is 22.7 Å². The van der Waals surface area contributed by atoms with E-state index in [9.17, 15) is 14.4 Å². The molecule has 0 fully saturated rings. The number of rotatable bonds is 6. The van der Waals surface area contributed by atoms with Crippen molar-refractivity contribution in [2.75, 3.05) is 5.73 Å². The number of anilines is 1. The number of halogens is 1. The Morgan fingerprint density at radius 3 is 2.50 bits per heavy atom. The predicted molar refractivity (Wildman–Crippen MR) is 75.9 cm³/mol. The summed E-state index contributed by atoms with van der Waals surface area (Å²) in [6.45, 7) is 0. The van der Waals surface area contributed by atoms with Crippen molar-refractivity contribution in [3.63, 3.8) is 0 Å². The van der Waals surface area contributed by atoms with E-state index < -0.39 is 23.8 Å². The van der Waals surface area contributed by atoms with Crippen LogP contribution >= 0.6 is 15.9 Å². The van der Waals surface area contributed by atoms with Gasteiger partial charge >= 0.3 is 5.97 Å². The number of nitrogens with one attached hydrogen (secondary N) is 1. The molecule has 0 saturated heterocycles. The summed E-state index contributed by atoms with van der Waals surface area (Å²) < 4.78 is 0.704. The molecular weight excluding hydrogens is 330 g/mol. The second kappa shape index (κ2) is 6.90. The van der Waals surface area contributed by atoms with Gasteiger partial charge in [0.05, 0.1) is 5.56 Å². The van der Waals surface area contributed by atoms with Gasteiger partial charge in [0.2, 0.25) is 5.91 Å². The molecular formula is C12H14BrN3O4. The van der Waals surface area contributed by atoms with Crippen molar-refractivity contribution in [1.29, 1.82) is 0 Å². The van der Waals surface area contributed by atoms with E-state index in [-0.39, 0.29) is 24.1 Å². The monoisotopic (exact) mass is 343 g/mol. The Balaban J connectivity index is 2.80. The minimum Gasteiger partial charge on any atom is -0.480 e. The maximum absolute atomic E-state index is 12.0. The standard InChI is InChI=1S/C12H14BrN3O4/c13-6-1-2-7(8(14)5-6)11(18)16-9(12(19)20)3-4-10(15)17/h1-2,5,9H,3-4,14H2,(H2,15,17)(H,16,18)(H,19,20)/t9-/m0/s1. The molecule has 108 valence electrons. The number of hydrogen-bond donors (Lipinski definition) is 4. The van der Waals surface area contributed by atoms with Crippen molar-refractivity contribution in [3.05, 3.63) is 28.2 Å². The molecule has 0 heterocycles.